The van der Waals surface area contributed by atoms with E-state index in [1.165, 1.54) is 6.92 Å². The van der Waals surface area contributed by atoms with Crippen LogP contribution in [0.25, 0.3) is 0 Å². The van der Waals surface area contributed by atoms with E-state index in [1.54, 1.807) is 9.80 Å². The van der Waals surface area contributed by atoms with Crippen molar-refractivity contribution in [2.24, 2.45) is 0 Å². The molecule has 3 heterocycles. The van der Waals surface area contributed by atoms with E-state index in [0.29, 0.717) is 31.4 Å². The molecule has 0 spiro atoms. The first-order valence-electron chi connectivity index (χ1n) is 8.92. The van der Waals surface area contributed by atoms with Gasteiger partial charge in [-0.15, -0.1) is 0 Å². The molecule has 1 aromatic carbocycles. The normalized spacial score (nSPS) is 24.2. The molecule has 0 radical (unpaired) electrons. The van der Waals surface area contributed by atoms with Gasteiger partial charge in [-0.2, -0.15) is 0 Å². The lowest BCUT2D eigenvalue weighted by Crippen LogP contribution is -2.45. The standard InChI is InChI=1S/C18H22N4O4/c1-12(24)19-8-15-10-22(18(25)26-15)13-4-5-16-17(7-13)20(11-23)9-14-3-2-6-21(14)16/h4-5,7,11,14-15H,2-3,6,8-10H2,1H3,(H,19,24)/t14-,15-/m0/s1. The molecule has 0 saturated carbocycles. The fourth-order valence-corrected chi connectivity index (χ4v) is 4.02. The maximum Gasteiger partial charge on any atom is 0.414 e. The summed E-state index contributed by atoms with van der Waals surface area (Å²) in [6, 6.07) is 6.12. The van der Waals surface area contributed by atoms with Gasteiger partial charge in [-0.05, 0) is 31.0 Å². The molecule has 3 aliphatic rings. The van der Waals surface area contributed by atoms with Crippen LogP contribution in [-0.2, 0) is 14.3 Å². The first kappa shape index (κ1) is 16.7. The Morgan fingerprint density at radius 1 is 1.35 bits per heavy atom. The molecule has 138 valence electrons. The van der Waals surface area contributed by atoms with E-state index >= 15 is 0 Å². The predicted octanol–water partition coefficient (Wildman–Crippen LogP) is 1.09. The van der Waals surface area contributed by atoms with Crippen LogP contribution >= 0.6 is 0 Å². The number of carbonyl (C=O) groups excluding carboxylic acids is 3. The number of rotatable bonds is 4. The van der Waals surface area contributed by atoms with Crippen LogP contribution in [0.4, 0.5) is 21.9 Å². The zero-order chi connectivity index (χ0) is 18.3. The smallest absolute Gasteiger partial charge is 0.414 e. The number of nitrogens with one attached hydrogen (secondary N) is 1. The SMILES string of the molecule is CC(=O)NC[C@H]1CN(c2ccc3c(c2)N(C=O)C[C@@H]2CCCN32)C(=O)O1. The van der Waals surface area contributed by atoms with Crippen molar-refractivity contribution in [3.8, 4) is 0 Å². The van der Waals surface area contributed by atoms with Crippen LogP contribution in [0.3, 0.4) is 0 Å². The molecule has 1 aromatic rings. The van der Waals surface area contributed by atoms with Gasteiger partial charge in [0, 0.05) is 31.7 Å². The molecule has 2 atom stereocenters. The highest BCUT2D eigenvalue weighted by Gasteiger charge is 2.36. The molecule has 4 rings (SSSR count). The second-order valence-electron chi connectivity index (χ2n) is 6.97. The van der Waals surface area contributed by atoms with Crippen LogP contribution in [0.1, 0.15) is 19.8 Å². The molecule has 0 aliphatic carbocycles. The minimum atomic E-state index is -0.437. The van der Waals surface area contributed by atoms with Gasteiger partial charge in [-0.1, -0.05) is 0 Å². The molecule has 0 aromatic heterocycles. The molecule has 0 unspecified atom stereocenters. The molecule has 26 heavy (non-hydrogen) atoms. The van der Waals surface area contributed by atoms with Crippen molar-refractivity contribution in [1.82, 2.24) is 5.32 Å². The van der Waals surface area contributed by atoms with E-state index in [0.717, 1.165) is 37.2 Å². The van der Waals surface area contributed by atoms with Crippen molar-refractivity contribution < 1.29 is 19.1 Å². The largest absolute Gasteiger partial charge is 0.442 e. The maximum absolute atomic E-state index is 12.2. The monoisotopic (exact) mass is 358 g/mol. The third-order valence-electron chi connectivity index (χ3n) is 5.25. The summed E-state index contributed by atoms with van der Waals surface area (Å²) in [4.78, 5) is 40.5. The van der Waals surface area contributed by atoms with Crippen LogP contribution in [-0.4, -0.2) is 56.7 Å². The Morgan fingerprint density at radius 2 is 2.19 bits per heavy atom. The van der Waals surface area contributed by atoms with E-state index < -0.39 is 6.09 Å². The Hall–Kier alpha value is -2.77. The topological polar surface area (TPSA) is 82.2 Å². The third kappa shape index (κ3) is 2.85. The van der Waals surface area contributed by atoms with E-state index in [1.807, 2.05) is 18.2 Å². The van der Waals surface area contributed by atoms with Gasteiger partial charge in [0.05, 0.1) is 24.5 Å². The number of hydrogen-bond donors (Lipinski definition) is 1. The van der Waals surface area contributed by atoms with Crippen molar-refractivity contribution >= 4 is 35.5 Å². The first-order valence-corrected chi connectivity index (χ1v) is 8.92. The number of benzene rings is 1. The predicted molar refractivity (Wildman–Crippen MR) is 96.5 cm³/mol. The van der Waals surface area contributed by atoms with Gasteiger partial charge in [0.15, 0.2) is 0 Å². The molecular formula is C18H22N4O4. The molecule has 8 heteroatoms. The summed E-state index contributed by atoms with van der Waals surface area (Å²) >= 11 is 0. The average Bonchev–Trinajstić information content (AvgIpc) is 3.25. The number of nitrogens with zero attached hydrogens (tertiary/aromatic N) is 3. The lowest BCUT2D eigenvalue weighted by atomic mass is 10.1. The van der Waals surface area contributed by atoms with Crippen LogP contribution in [0, 0.1) is 0 Å². The lowest BCUT2D eigenvalue weighted by Gasteiger charge is -2.39. The number of hydrogen-bond acceptors (Lipinski definition) is 5. The Labute approximate surface area is 151 Å². The number of amides is 3. The number of anilines is 3. The van der Waals surface area contributed by atoms with Crippen molar-refractivity contribution in [2.75, 3.05) is 40.9 Å². The second-order valence-corrected chi connectivity index (χ2v) is 6.97. The minimum absolute atomic E-state index is 0.157. The molecule has 2 fully saturated rings. The lowest BCUT2D eigenvalue weighted by molar-refractivity contribution is -0.119. The number of cyclic esters (lactones) is 1. The second kappa shape index (κ2) is 6.51. The number of carbonyl (C=O) groups is 3. The van der Waals surface area contributed by atoms with Crippen LogP contribution in [0.15, 0.2) is 18.2 Å². The van der Waals surface area contributed by atoms with E-state index in [2.05, 4.69) is 10.2 Å². The molecule has 1 N–H and O–H groups in total. The van der Waals surface area contributed by atoms with Gasteiger partial charge < -0.3 is 19.9 Å². The molecule has 8 nitrogen and oxygen atoms in total. The summed E-state index contributed by atoms with van der Waals surface area (Å²) in [5, 5.41) is 2.67. The van der Waals surface area contributed by atoms with Crippen molar-refractivity contribution in [2.45, 2.75) is 31.9 Å². The molecule has 3 amide bonds. The van der Waals surface area contributed by atoms with E-state index in [4.69, 9.17) is 4.74 Å². The van der Waals surface area contributed by atoms with Gasteiger partial charge in [-0.25, -0.2) is 4.79 Å². The Kier molecular flexibility index (Phi) is 4.18. The Morgan fingerprint density at radius 3 is 2.96 bits per heavy atom. The summed E-state index contributed by atoms with van der Waals surface area (Å²) in [6.45, 7) is 3.76. The number of fused-ring (bicyclic) bond motifs is 3. The van der Waals surface area contributed by atoms with Gasteiger partial charge in [0.2, 0.25) is 12.3 Å². The maximum atomic E-state index is 12.2. The summed E-state index contributed by atoms with van der Waals surface area (Å²) in [7, 11) is 0. The number of ether oxygens (including phenoxy) is 1. The highest BCUT2D eigenvalue weighted by molar-refractivity contribution is 5.94. The van der Waals surface area contributed by atoms with Gasteiger partial charge in [0.25, 0.3) is 0 Å². The zero-order valence-electron chi connectivity index (χ0n) is 14.7. The average molecular weight is 358 g/mol. The highest BCUT2D eigenvalue weighted by atomic mass is 16.6. The fourth-order valence-electron chi connectivity index (χ4n) is 4.02. The molecule has 3 aliphatic heterocycles. The fraction of sp³-hybridized carbons (Fsp3) is 0.500. The van der Waals surface area contributed by atoms with Crippen LogP contribution < -0.4 is 20.0 Å². The Bertz CT molecular complexity index is 753. The first-order chi connectivity index (χ1) is 12.6. The van der Waals surface area contributed by atoms with E-state index in [9.17, 15) is 14.4 Å². The summed E-state index contributed by atoms with van der Waals surface area (Å²) in [5.74, 6) is -0.157. The minimum Gasteiger partial charge on any atom is -0.442 e. The van der Waals surface area contributed by atoms with Gasteiger partial charge in [-0.3, -0.25) is 14.5 Å². The van der Waals surface area contributed by atoms with Crippen molar-refractivity contribution in [3.05, 3.63) is 18.2 Å². The third-order valence-corrected chi connectivity index (χ3v) is 5.25. The van der Waals surface area contributed by atoms with Crippen molar-refractivity contribution in [3.63, 3.8) is 0 Å². The summed E-state index contributed by atoms with van der Waals surface area (Å²) < 4.78 is 5.32. The van der Waals surface area contributed by atoms with E-state index in [-0.39, 0.29) is 12.0 Å². The molecule has 2 saturated heterocycles. The van der Waals surface area contributed by atoms with Crippen molar-refractivity contribution in [1.29, 1.82) is 0 Å². The van der Waals surface area contributed by atoms with Gasteiger partial charge >= 0.3 is 6.09 Å². The summed E-state index contributed by atoms with van der Waals surface area (Å²) in [6.07, 6.45) is 2.26. The molecule has 0 bridgehead atoms. The Balaban J connectivity index is 1.58. The van der Waals surface area contributed by atoms with Gasteiger partial charge in [0.1, 0.15) is 6.10 Å². The van der Waals surface area contributed by atoms with Crippen LogP contribution in [0.5, 0.6) is 0 Å². The zero-order valence-corrected chi connectivity index (χ0v) is 14.7. The molecular weight excluding hydrogens is 336 g/mol. The highest BCUT2D eigenvalue weighted by Crippen LogP contribution is 2.41. The summed E-state index contributed by atoms with van der Waals surface area (Å²) in [5.41, 5.74) is 2.56. The van der Waals surface area contributed by atoms with Crippen LogP contribution in [0.2, 0.25) is 0 Å². The quantitative estimate of drug-likeness (QED) is 0.815.